The number of nitrogens with one attached hydrogen (secondary N) is 2. The van der Waals surface area contributed by atoms with E-state index in [-0.39, 0.29) is 36.4 Å². The van der Waals surface area contributed by atoms with Crippen molar-refractivity contribution in [2.24, 2.45) is 5.92 Å². The van der Waals surface area contributed by atoms with Crippen molar-refractivity contribution in [2.75, 3.05) is 26.2 Å². The largest absolute Gasteiger partial charge is 0.416 e. The van der Waals surface area contributed by atoms with Crippen LogP contribution in [0.2, 0.25) is 0 Å². The van der Waals surface area contributed by atoms with Crippen LogP contribution in [0, 0.1) is 5.92 Å². The highest BCUT2D eigenvalue weighted by Crippen LogP contribution is 2.29. The van der Waals surface area contributed by atoms with E-state index >= 15 is 0 Å². The average molecular weight is 399 g/mol. The van der Waals surface area contributed by atoms with Crippen LogP contribution in [0.3, 0.4) is 0 Å². The number of piperidine rings is 1. The van der Waals surface area contributed by atoms with Gasteiger partial charge in [-0.2, -0.15) is 13.2 Å². The van der Waals surface area contributed by atoms with E-state index in [4.69, 9.17) is 0 Å². The topological polar surface area (TPSA) is 78.5 Å². The number of nitrogens with zero attached hydrogens (tertiary/aromatic N) is 1. The van der Waals surface area contributed by atoms with Gasteiger partial charge in [-0.25, -0.2) is 0 Å². The number of amides is 3. The van der Waals surface area contributed by atoms with Crippen LogP contribution in [-0.4, -0.2) is 48.8 Å². The molecular weight excluding hydrogens is 375 g/mol. The molecule has 1 saturated heterocycles. The Hall–Kier alpha value is -2.58. The van der Waals surface area contributed by atoms with Gasteiger partial charge in [0.2, 0.25) is 11.8 Å². The number of hydrogen-bond acceptors (Lipinski definition) is 3. The molecule has 0 aromatic heterocycles. The second kappa shape index (κ2) is 9.57. The minimum Gasteiger partial charge on any atom is -0.354 e. The smallest absolute Gasteiger partial charge is 0.354 e. The standard InChI is InChI=1S/C19H24F3N3O3/c1-2-16(26)25-11-3-4-14(12-25)18(28)24-10-9-23-17(27)13-5-7-15(8-6-13)19(20,21)22/h5-8,14H,2-4,9-12H2,1H3,(H,23,27)(H,24,28). The first-order valence-corrected chi connectivity index (χ1v) is 9.23. The number of carbonyl (C=O) groups is 3. The molecule has 154 valence electrons. The number of hydrogen-bond donors (Lipinski definition) is 2. The predicted molar refractivity (Wildman–Crippen MR) is 96.4 cm³/mol. The molecule has 0 aliphatic carbocycles. The van der Waals surface area contributed by atoms with E-state index < -0.39 is 17.6 Å². The summed E-state index contributed by atoms with van der Waals surface area (Å²) in [5, 5.41) is 5.28. The van der Waals surface area contributed by atoms with E-state index in [0.29, 0.717) is 25.9 Å². The minimum absolute atomic E-state index is 0.0290. The molecule has 0 radical (unpaired) electrons. The third-order valence-corrected chi connectivity index (χ3v) is 4.63. The number of carbonyl (C=O) groups excluding carboxylic acids is 3. The first-order chi connectivity index (χ1) is 13.2. The van der Waals surface area contributed by atoms with Gasteiger partial charge in [0.05, 0.1) is 11.5 Å². The lowest BCUT2D eigenvalue weighted by Gasteiger charge is -2.31. The van der Waals surface area contributed by atoms with Crippen molar-refractivity contribution in [2.45, 2.75) is 32.4 Å². The van der Waals surface area contributed by atoms with Crippen LogP contribution in [0.25, 0.3) is 0 Å². The predicted octanol–water partition coefficient (Wildman–Crippen LogP) is 2.20. The normalized spacial score (nSPS) is 17.1. The fourth-order valence-electron chi connectivity index (χ4n) is 3.06. The van der Waals surface area contributed by atoms with E-state index in [0.717, 1.165) is 30.7 Å². The lowest BCUT2D eigenvalue weighted by atomic mass is 9.97. The lowest BCUT2D eigenvalue weighted by molar-refractivity contribution is -0.138. The summed E-state index contributed by atoms with van der Waals surface area (Å²) < 4.78 is 37.6. The minimum atomic E-state index is -4.45. The summed E-state index contributed by atoms with van der Waals surface area (Å²) in [5.41, 5.74) is -0.709. The van der Waals surface area contributed by atoms with Gasteiger partial charge in [-0.05, 0) is 37.1 Å². The van der Waals surface area contributed by atoms with Crippen LogP contribution >= 0.6 is 0 Å². The molecule has 1 fully saturated rings. The summed E-state index contributed by atoms with van der Waals surface area (Å²) in [4.78, 5) is 37.6. The summed E-state index contributed by atoms with van der Waals surface area (Å²) in [5.74, 6) is -0.922. The van der Waals surface area contributed by atoms with Crippen LogP contribution in [0.15, 0.2) is 24.3 Å². The lowest BCUT2D eigenvalue weighted by Crippen LogP contribution is -2.46. The zero-order chi connectivity index (χ0) is 20.7. The van der Waals surface area contributed by atoms with Crippen LogP contribution in [-0.2, 0) is 15.8 Å². The molecule has 1 aromatic rings. The molecule has 6 nitrogen and oxygen atoms in total. The number of alkyl halides is 3. The maximum atomic E-state index is 12.5. The van der Waals surface area contributed by atoms with Crippen molar-refractivity contribution < 1.29 is 27.6 Å². The fraction of sp³-hybridized carbons (Fsp3) is 0.526. The number of rotatable bonds is 6. The van der Waals surface area contributed by atoms with Crippen LogP contribution < -0.4 is 10.6 Å². The third-order valence-electron chi connectivity index (χ3n) is 4.63. The Morgan fingerprint density at radius 2 is 1.75 bits per heavy atom. The molecule has 3 amide bonds. The maximum Gasteiger partial charge on any atom is 0.416 e. The molecular formula is C19H24F3N3O3. The Bertz CT molecular complexity index is 705. The van der Waals surface area contributed by atoms with Crippen molar-refractivity contribution in [3.05, 3.63) is 35.4 Å². The van der Waals surface area contributed by atoms with E-state index in [2.05, 4.69) is 10.6 Å². The first-order valence-electron chi connectivity index (χ1n) is 9.23. The van der Waals surface area contributed by atoms with Gasteiger partial charge in [0.1, 0.15) is 0 Å². The van der Waals surface area contributed by atoms with Crippen molar-refractivity contribution in [3.8, 4) is 0 Å². The molecule has 0 bridgehead atoms. The number of benzene rings is 1. The van der Waals surface area contributed by atoms with Gasteiger partial charge in [-0.1, -0.05) is 6.92 Å². The van der Waals surface area contributed by atoms with Crippen molar-refractivity contribution in [1.29, 1.82) is 0 Å². The Balaban J connectivity index is 1.74. The number of halogens is 3. The second-order valence-corrected chi connectivity index (χ2v) is 6.65. The Labute approximate surface area is 161 Å². The van der Waals surface area contributed by atoms with E-state index in [1.54, 1.807) is 11.8 Å². The maximum absolute atomic E-state index is 12.5. The summed E-state index contributed by atoms with van der Waals surface area (Å²) in [6, 6.07) is 3.92. The van der Waals surface area contributed by atoms with Gasteiger partial charge in [-0.15, -0.1) is 0 Å². The van der Waals surface area contributed by atoms with Crippen LogP contribution in [0.5, 0.6) is 0 Å². The van der Waals surface area contributed by atoms with Crippen molar-refractivity contribution >= 4 is 17.7 Å². The van der Waals surface area contributed by atoms with Gasteiger partial charge in [0.25, 0.3) is 5.91 Å². The molecule has 1 atom stereocenters. The molecule has 2 N–H and O–H groups in total. The van der Waals surface area contributed by atoms with E-state index in [1.807, 2.05) is 0 Å². The summed E-state index contributed by atoms with van der Waals surface area (Å²) in [7, 11) is 0. The zero-order valence-corrected chi connectivity index (χ0v) is 15.6. The molecule has 28 heavy (non-hydrogen) atoms. The summed E-state index contributed by atoms with van der Waals surface area (Å²) >= 11 is 0. The second-order valence-electron chi connectivity index (χ2n) is 6.65. The Morgan fingerprint density at radius 3 is 2.36 bits per heavy atom. The average Bonchev–Trinajstić information content (AvgIpc) is 2.69. The van der Waals surface area contributed by atoms with Gasteiger partial charge >= 0.3 is 6.18 Å². The SMILES string of the molecule is CCC(=O)N1CCCC(C(=O)NCCNC(=O)c2ccc(C(F)(F)F)cc2)C1. The molecule has 0 saturated carbocycles. The number of likely N-dealkylation sites (tertiary alicyclic amines) is 1. The molecule has 1 aromatic carbocycles. The Morgan fingerprint density at radius 1 is 1.11 bits per heavy atom. The van der Waals surface area contributed by atoms with Gasteiger partial charge in [-0.3, -0.25) is 14.4 Å². The molecule has 1 aliphatic heterocycles. The van der Waals surface area contributed by atoms with E-state index in [9.17, 15) is 27.6 Å². The fourth-order valence-corrected chi connectivity index (χ4v) is 3.06. The highest BCUT2D eigenvalue weighted by atomic mass is 19.4. The molecule has 1 heterocycles. The summed E-state index contributed by atoms with van der Waals surface area (Å²) in [6.07, 6.45) is -2.56. The molecule has 0 spiro atoms. The highest BCUT2D eigenvalue weighted by Gasteiger charge is 2.30. The van der Waals surface area contributed by atoms with Crippen LogP contribution in [0.1, 0.15) is 42.1 Å². The van der Waals surface area contributed by atoms with Gasteiger partial charge in [0.15, 0.2) is 0 Å². The van der Waals surface area contributed by atoms with Crippen molar-refractivity contribution in [1.82, 2.24) is 15.5 Å². The molecule has 9 heteroatoms. The van der Waals surface area contributed by atoms with Crippen molar-refractivity contribution in [3.63, 3.8) is 0 Å². The third kappa shape index (κ3) is 5.97. The molecule has 1 unspecified atom stereocenters. The zero-order valence-electron chi connectivity index (χ0n) is 15.6. The van der Waals surface area contributed by atoms with Crippen LogP contribution in [0.4, 0.5) is 13.2 Å². The molecule has 1 aliphatic rings. The van der Waals surface area contributed by atoms with Gasteiger partial charge in [0, 0.05) is 38.2 Å². The quantitative estimate of drug-likeness (QED) is 0.720. The molecule has 2 rings (SSSR count). The summed E-state index contributed by atoms with van der Waals surface area (Å²) in [6.45, 7) is 3.20. The van der Waals surface area contributed by atoms with Gasteiger partial charge < -0.3 is 15.5 Å². The highest BCUT2D eigenvalue weighted by molar-refractivity contribution is 5.94. The monoisotopic (exact) mass is 399 g/mol. The first kappa shape index (κ1) is 21.7. The Kier molecular flexibility index (Phi) is 7.42. The van der Waals surface area contributed by atoms with E-state index in [1.165, 1.54) is 0 Å².